The zero-order chi connectivity index (χ0) is 23.0. The molecule has 0 bridgehead atoms. The van der Waals surface area contributed by atoms with Gasteiger partial charge in [0.15, 0.2) is 0 Å². The number of amides is 4. The summed E-state index contributed by atoms with van der Waals surface area (Å²) < 4.78 is 7.15. The third-order valence-electron chi connectivity index (χ3n) is 5.61. The lowest BCUT2D eigenvalue weighted by atomic mass is 10.0. The van der Waals surface area contributed by atoms with Crippen LogP contribution < -0.4 is 15.0 Å². The Labute approximate surface area is 185 Å². The predicted octanol–water partition coefficient (Wildman–Crippen LogP) is 4.08. The third-order valence-corrected chi connectivity index (χ3v) is 5.61. The number of hydrogen-bond donors (Lipinski definition) is 1. The van der Waals surface area contributed by atoms with Gasteiger partial charge in [-0.1, -0.05) is 12.1 Å². The van der Waals surface area contributed by atoms with Gasteiger partial charge < -0.3 is 9.30 Å². The van der Waals surface area contributed by atoms with Crippen molar-refractivity contribution in [3.8, 4) is 11.4 Å². The van der Waals surface area contributed by atoms with Crippen molar-refractivity contribution >= 4 is 29.6 Å². The fourth-order valence-electron chi connectivity index (χ4n) is 3.72. The first-order valence-corrected chi connectivity index (χ1v) is 10.1. The van der Waals surface area contributed by atoms with Crippen LogP contribution in [0, 0.1) is 20.8 Å². The molecule has 4 rings (SSSR count). The second-order valence-electron chi connectivity index (χ2n) is 7.66. The molecule has 32 heavy (non-hydrogen) atoms. The molecule has 1 aliphatic rings. The van der Waals surface area contributed by atoms with E-state index in [9.17, 15) is 14.4 Å². The molecule has 1 fully saturated rings. The summed E-state index contributed by atoms with van der Waals surface area (Å²) in [4.78, 5) is 39.2. The van der Waals surface area contributed by atoms with Gasteiger partial charge in [-0.3, -0.25) is 14.9 Å². The fraction of sp³-hybridized carbons (Fsp3) is 0.160. The number of ether oxygens (including phenoxy) is 1. The van der Waals surface area contributed by atoms with Crippen LogP contribution in [0.3, 0.4) is 0 Å². The van der Waals surface area contributed by atoms with E-state index in [2.05, 4.69) is 5.32 Å². The first-order valence-electron chi connectivity index (χ1n) is 10.1. The lowest BCUT2D eigenvalue weighted by Crippen LogP contribution is -2.54. The highest BCUT2D eigenvalue weighted by atomic mass is 16.5. The largest absolute Gasteiger partial charge is 0.497 e. The Morgan fingerprint density at radius 3 is 2.38 bits per heavy atom. The van der Waals surface area contributed by atoms with Gasteiger partial charge in [0.25, 0.3) is 11.8 Å². The van der Waals surface area contributed by atoms with Crippen molar-refractivity contribution in [2.24, 2.45) is 0 Å². The van der Waals surface area contributed by atoms with E-state index in [1.165, 1.54) is 6.08 Å². The van der Waals surface area contributed by atoms with E-state index in [0.29, 0.717) is 11.3 Å². The molecule has 0 atom stereocenters. The van der Waals surface area contributed by atoms with Crippen LogP contribution in [0.4, 0.5) is 10.5 Å². The molecule has 3 aromatic rings. The number of carbonyl (C=O) groups is 3. The normalized spacial score (nSPS) is 15.3. The van der Waals surface area contributed by atoms with Crippen molar-refractivity contribution in [1.29, 1.82) is 0 Å². The Balaban J connectivity index is 1.71. The number of methoxy groups -OCH3 is 1. The van der Waals surface area contributed by atoms with Crippen LogP contribution in [0.5, 0.6) is 5.75 Å². The minimum atomic E-state index is -0.752. The molecule has 7 nitrogen and oxygen atoms in total. The average Bonchev–Trinajstić information content (AvgIpc) is 3.14. The summed E-state index contributed by atoms with van der Waals surface area (Å²) >= 11 is 0. The van der Waals surface area contributed by atoms with Crippen molar-refractivity contribution in [3.05, 3.63) is 82.7 Å². The van der Waals surface area contributed by atoms with E-state index < -0.39 is 17.8 Å². The lowest BCUT2D eigenvalue weighted by Gasteiger charge is -2.28. The summed E-state index contributed by atoms with van der Waals surface area (Å²) in [7, 11) is 1.61. The van der Waals surface area contributed by atoms with Crippen LogP contribution in [-0.4, -0.2) is 29.5 Å². The molecule has 4 amide bonds. The molecule has 1 aliphatic heterocycles. The Kier molecular flexibility index (Phi) is 5.40. The van der Waals surface area contributed by atoms with Gasteiger partial charge in [-0.25, -0.2) is 9.69 Å². The van der Waals surface area contributed by atoms with E-state index in [0.717, 1.165) is 33.2 Å². The number of anilines is 1. The van der Waals surface area contributed by atoms with Gasteiger partial charge in [0.05, 0.1) is 12.8 Å². The minimum Gasteiger partial charge on any atom is -0.497 e. The van der Waals surface area contributed by atoms with E-state index in [1.54, 1.807) is 19.2 Å². The molecule has 1 N–H and O–H groups in total. The number of carbonyl (C=O) groups excluding carboxylic acids is 3. The number of aromatic nitrogens is 1. The standard InChI is InChI=1S/C25H23N3O4/c1-15-6-5-7-22(17(15)3)28-24(30)21(23(29)26-25(28)31)13-18-12-16(2)27(14-18)19-8-10-20(32-4)11-9-19/h5-14H,1-4H3,(H,26,29,31)/b21-13-. The molecule has 7 heteroatoms. The highest BCUT2D eigenvalue weighted by molar-refractivity contribution is 6.39. The topological polar surface area (TPSA) is 80.6 Å². The zero-order valence-electron chi connectivity index (χ0n) is 18.3. The third kappa shape index (κ3) is 3.69. The molecule has 0 aliphatic carbocycles. The number of barbiturate groups is 1. The van der Waals surface area contributed by atoms with Gasteiger partial charge >= 0.3 is 6.03 Å². The molecule has 162 valence electrons. The molecule has 0 spiro atoms. The van der Waals surface area contributed by atoms with Gasteiger partial charge in [-0.05, 0) is 79.9 Å². The number of imide groups is 2. The van der Waals surface area contributed by atoms with Crippen LogP contribution in [0.2, 0.25) is 0 Å². The highest BCUT2D eigenvalue weighted by Crippen LogP contribution is 2.27. The van der Waals surface area contributed by atoms with Gasteiger partial charge in [0, 0.05) is 17.6 Å². The van der Waals surface area contributed by atoms with Crippen LogP contribution in [0.15, 0.2) is 60.3 Å². The molecule has 2 heterocycles. The smallest absolute Gasteiger partial charge is 0.335 e. The predicted molar refractivity (Wildman–Crippen MR) is 122 cm³/mol. The molecular formula is C25H23N3O4. The van der Waals surface area contributed by atoms with Gasteiger partial charge in [-0.15, -0.1) is 0 Å². The lowest BCUT2D eigenvalue weighted by molar-refractivity contribution is -0.122. The minimum absolute atomic E-state index is 0.0996. The van der Waals surface area contributed by atoms with E-state index >= 15 is 0 Å². The second-order valence-corrected chi connectivity index (χ2v) is 7.66. The van der Waals surface area contributed by atoms with Crippen molar-refractivity contribution in [3.63, 3.8) is 0 Å². The first-order chi connectivity index (χ1) is 15.3. The second kappa shape index (κ2) is 8.19. The number of nitrogens with zero attached hydrogens (tertiary/aromatic N) is 2. The summed E-state index contributed by atoms with van der Waals surface area (Å²) in [6.45, 7) is 5.67. The van der Waals surface area contributed by atoms with E-state index in [-0.39, 0.29) is 5.57 Å². The molecule has 1 aromatic heterocycles. The summed E-state index contributed by atoms with van der Waals surface area (Å²) in [5, 5.41) is 2.28. The van der Waals surface area contributed by atoms with Gasteiger partial charge in [0.1, 0.15) is 11.3 Å². The number of hydrogen-bond acceptors (Lipinski definition) is 4. The zero-order valence-corrected chi connectivity index (χ0v) is 18.3. The quantitative estimate of drug-likeness (QED) is 0.501. The molecule has 1 saturated heterocycles. The van der Waals surface area contributed by atoms with Crippen molar-refractivity contribution in [2.45, 2.75) is 20.8 Å². The van der Waals surface area contributed by atoms with Gasteiger partial charge in [-0.2, -0.15) is 0 Å². The number of benzene rings is 2. The molecule has 0 unspecified atom stereocenters. The summed E-state index contributed by atoms with van der Waals surface area (Å²) in [6.07, 6.45) is 3.35. The highest BCUT2D eigenvalue weighted by Gasteiger charge is 2.37. The van der Waals surface area contributed by atoms with Crippen LogP contribution in [-0.2, 0) is 9.59 Å². The SMILES string of the molecule is COc1ccc(-n2cc(/C=C3/C(=O)NC(=O)N(c4cccc(C)c4C)C3=O)cc2C)cc1. The first kappa shape index (κ1) is 21.1. The number of aryl methyl sites for hydroxylation is 2. The fourth-order valence-corrected chi connectivity index (χ4v) is 3.72. The van der Waals surface area contributed by atoms with E-state index in [4.69, 9.17) is 4.74 Å². The van der Waals surface area contributed by atoms with Crippen LogP contribution >= 0.6 is 0 Å². The molecule has 0 saturated carbocycles. The molecular weight excluding hydrogens is 406 g/mol. The monoisotopic (exact) mass is 429 g/mol. The maximum atomic E-state index is 13.2. The van der Waals surface area contributed by atoms with Crippen molar-refractivity contribution < 1.29 is 19.1 Å². The Hall–Kier alpha value is -4.13. The summed E-state index contributed by atoms with van der Waals surface area (Å²) in [6, 6.07) is 14.0. The van der Waals surface area contributed by atoms with Crippen molar-refractivity contribution in [1.82, 2.24) is 9.88 Å². The average molecular weight is 429 g/mol. The summed E-state index contributed by atoms with van der Waals surface area (Å²) in [5.41, 5.74) is 4.61. The summed E-state index contributed by atoms with van der Waals surface area (Å²) in [5.74, 6) is -0.611. The Morgan fingerprint density at radius 1 is 0.969 bits per heavy atom. The van der Waals surface area contributed by atoms with Crippen molar-refractivity contribution in [2.75, 3.05) is 12.0 Å². The van der Waals surface area contributed by atoms with E-state index in [1.807, 2.05) is 67.9 Å². The Morgan fingerprint density at radius 2 is 1.69 bits per heavy atom. The maximum Gasteiger partial charge on any atom is 0.335 e. The van der Waals surface area contributed by atoms with Gasteiger partial charge in [0.2, 0.25) is 0 Å². The van der Waals surface area contributed by atoms with Crippen LogP contribution in [0.25, 0.3) is 11.8 Å². The molecule has 0 radical (unpaired) electrons. The number of nitrogens with one attached hydrogen (secondary N) is 1. The number of rotatable bonds is 4. The Bertz CT molecular complexity index is 1270. The number of urea groups is 1. The molecule has 2 aromatic carbocycles. The van der Waals surface area contributed by atoms with Crippen LogP contribution in [0.1, 0.15) is 22.4 Å². The maximum absolute atomic E-state index is 13.2.